The first kappa shape index (κ1) is 26.0. The lowest BCUT2D eigenvalue weighted by atomic mass is 9.86. The Labute approximate surface area is 211 Å². The van der Waals surface area contributed by atoms with Crippen LogP contribution in [0, 0.1) is 6.92 Å². The van der Waals surface area contributed by atoms with Gasteiger partial charge in [-0.3, -0.25) is 9.10 Å². The Balaban J connectivity index is 1.84. The minimum Gasteiger partial charge on any atom is -0.348 e. The van der Waals surface area contributed by atoms with Crippen molar-refractivity contribution in [3.8, 4) is 0 Å². The van der Waals surface area contributed by atoms with Crippen LogP contribution in [-0.4, -0.2) is 20.9 Å². The molecule has 3 aromatic rings. The molecule has 0 radical (unpaired) electrons. The Morgan fingerprint density at radius 1 is 0.941 bits per heavy atom. The zero-order valence-electron chi connectivity index (χ0n) is 20.2. The summed E-state index contributed by atoms with van der Waals surface area (Å²) in [5.41, 5.74) is 3.58. The van der Waals surface area contributed by atoms with E-state index in [1.165, 1.54) is 5.56 Å². The van der Waals surface area contributed by atoms with Crippen molar-refractivity contribution in [2.24, 2.45) is 0 Å². The molecular weight excluding hydrogens is 512 g/mol. The molecule has 0 fully saturated rings. The third kappa shape index (κ3) is 6.27. The summed E-state index contributed by atoms with van der Waals surface area (Å²) in [6.07, 6.45) is 0. The maximum atomic E-state index is 13.5. The quantitative estimate of drug-likeness (QED) is 0.390. The molecule has 0 saturated carbocycles. The average Bonchev–Trinajstić information content (AvgIpc) is 2.78. The van der Waals surface area contributed by atoms with Gasteiger partial charge in [0.15, 0.2) is 0 Å². The van der Waals surface area contributed by atoms with Gasteiger partial charge in [-0.25, -0.2) is 8.42 Å². The topological polar surface area (TPSA) is 66.5 Å². The Bertz CT molecular complexity index is 1230. The van der Waals surface area contributed by atoms with Gasteiger partial charge in [0, 0.05) is 4.47 Å². The molecule has 5 nitrogen and oxygen atoms in total. The minimum atomic E-state index is -3.94. The van der Waals surface area contributed by atoms with Crippen molar-refractivity contribution < 1.29 is 13.2 Å². The highest BCUT2D eigenvalue weighted by Gasteiger charge is 2.27. The molecule has 0 saturated heterocycles. The van der Waals surface area contributed by atoms with Crippen molar-refractivity contribution in [2.45, 2.75) is 51.0 Å². The summed E-state index contributed by atoms with van der Waals surface area (Å²) in [4.78, 5) is 13.1. The van der Waals surface area contributed by atoms with Crippen LogP contribution in [0.5, 0.6) is 0 Å². The number of amides is 1. The lowest BCUT2D eigenvalue weighted by Crippen LogP contribution is -2.41. The third-order valence-electron chi connectivity index (χ3n) is 5.67. The van der Waals surface area contributed by atoms with E-state index in [1.54, 1.807) is 48.5 Å². The van der Waals surface area contributed by atoms with Crippen LogP contribution in [0.3, 0.4) is 0 Å². The van der Waals surface area contributed by atoms with Crippen LogP contribution in [-0.2, 0) is 20.2 Å². The summed E-state index contributed by atoms with van der Waals surface area (Å²) < 4.78 is 28.9. The number of rotatable bonds is 7. The molecule has 0 aromatic heterocycles. The summed E-state index contributed by atoms with van der Waals surface area (Å²) in [6.45, 7) is 9.91. The van der Waals surface area contributed by atoms with Gasteiger partial charge in [0.05, 0.1) is 16.6 Å². The fourth-order valence-corrected chi connectivity index (χ4v) is 5.22. The van der Waals surface area contributed by atoms with Crippen LogP contribution in [0.15, 0.2) is 82.2 Å². The summed E-state index contributed by atoms with van der Waals surface area (Å²) in [5.74, 6) is -0.383. The van der Waals surface area contributed by atoms with Crippen LogP contribution in [0.25, 0.3) is 0 Å². The van der Waals surface area contributed by atoms with Gasteiger partial charge >= 0.3 is 0 Å². The number of hydrogen-bond acceptors (Lipinski definition) is 3. The van der Waals surface area contributed by atoms with Crippen molar-refractivity contribution in [2.75, 3.05) is 10.8 Å². The second-order valence-electron chi connectivity index (χ2n) is 9.46. The highest BCUT2D eigenvalue weighted by atomic mass is 79.9. The van der Waals surface area contributed by atoms with Crippen molar-refractivity contribution in [1.82, 2.24) is 5.32 Å². The van der Waals surface area contributed by atoms with Crippen molar-refractivity contribution in [3.63, 3.8) is 0 Å². The molecule has 0 aliphatic heterocycles. The predicted molar refractivity (Wildman–Crippen MR) is 142 cm³/mol. The number of nitrogens with one attached hydrogen (secondary N) is 1. The average molecular weight is 544 g/mol. The number of anilines is 1. The zero-order chi connectivity index (χ0) is 25.1. The van der Waals surface area contributed by atoms with Crippen LogP contribution in [0.2, 0.25) is 0 Å². The smallest absolute Gasteiger partial charge is 0.264 e. The maximum absolute atomic E-state index is 13.5. The van der Waals surface area contributed by atoms with Crippen LogP contribution in [0.4, 0.5) is 5.69 Å². The molecule has 0 unspecified atom stereocenters. The van der Waals surface area contributed by atoms with Crippen LogP contribution >= 0.6 is 15.9 Å². The van der Waals surface area contributed by atoms with Crippen molar-refractivity contribution >= 4 is 37.5 Å². The summed E-state index contributed by atoms with van der Waals surface area (Å²) >= 11 is 3.38. The first-order chi connectivity index (χ1) is 15.9. The molecule has 3 aromatic carbocycles. The summed E-state index contributed by atoms with van der Waals surface area (Å²) in [6, 6.07) is 21.3. The Morgan fingerprint density at radius 2 is 1.50 bits per heavy atom. The van der Waals surface area contributed by atoms with E-state index >= 15 is 0 Å². The van der Waals surface area contributed by atoms with Gasteiger partial charge in [-0.05, 0) is 66.8 Å². The summed E-state index contributed by atoms with van der Waals surface area (Å²) in [5, 5.41) is 2.94. The Morgan fingerprint density at radius 3 is 2.03 bits per heavy atom. The lowest BCUT2D eigenvalue weighted by molar-refractivity contribution is -0.120. The van der Waals surface area contributed by atoms with E-state index in [-0.39, 0.29) is 28.8 Å². The fourth-order valence-electron chi connectivity index (χ4n) is 3.53. The van der Waals surface area contributed by atoms with Gasteiger partial charge in [-0.1, -0.05) is 78.7 Å². The molecule has 0 bridgehead atoms. The molecule has 180 valence electrons. The molecule has 1 amide bonds. The number of aryl methyl sites for hydroxylation is 1. The highest BCUT2D eigenvalue weighted by molar-refractivity contribution is 9.10. The molecule has 34 heavy (non-hydrogen) atoms. The molecule has 0 aliphatic rings. The van der Waals surface area contributed by atoms with E-state index in [1.807, 2.05) is 26.0 Å². The molecule has 0 aliphatic carbocycles. The van der Waals surface area contributed by atoms with Crippen molar-refractivity contribution in [3.05, 3.63) is 94.0 Å². The predicted octanol–water partition coefficient (Wildman–Crippen LogP) is 6.13. The maximum Gasteiger partial charge on any atom is 0.264 e. The lowest BCUT2D eigenvalue weighted by Gasteiger charge is -2.25. The molecular formula is C27H31BrN2O3S. The number of carbonyl (C=O) groups is 1. The first-order valence-electron chi connectivity index (χ1n) is 11.1. The Hall–Kier alpha value is -2.64. The van der Waals surface area contributed by atoms with Gasteiger partial charge in [0.1, 0.15) is 6.54 Å². The third-order valence-corrected chi connectivity index (χ3v) is 7.98. The minimum absolute atomic E-state index is 0.0422. The normalized spacial score (nSPS) is 12.8. The van der Waals surface area contributed by atoms with E-state index < -0.39 is 10.0 Å². The van der Waals surface area contributed by atoms with E-state index in [9.17, 15) is 13.2 Å². The van der Waals surface area contributed by atoms with Gasteiger partial charge < -0.3 is 5.32 Å². The highest BCUT2D eigenvalue weighted by Crippen LogP contribution is 2.26. The van der Waals surface area contributed by atoms with Gasteiger partial charge in [0.2, 0.25) is 5.91 Å². The van der Waals surface area contributed by atoms with Crippen LogP contribution < -0.4 is 9.62 Å². The zero-order valence-corrected chi connectivity index (χ0v) is 22.6. The van der Waals surface area contributed by atoms with E-state index in [4.69, 9.17) is 0 Å². The number of halogens is 1. The number of hydrogen-bond donors (Lipinski definition) is 1. The van der Waals surface area contributed by atoms with E-state index in [0.29, 0.717) is 5.69 Å². The Kier molecular flexibility index (Phi) is 7.88. The SMILES string of the molecule is Cc1ccc(S(=O)(=O)N(CC(=O)N[C@H](C)c2ccc(C(C)(C)C)cc2)c2ccc(Br)cc2)cc1. The number of benzene rings is 3. The molecule has 0 heterocycles. The molecule has 7 heteroatoms. The number of carbonyl (C=O) groups excluding carboxylic acids is 1. The number of sulfonamides is 1. The van der Waals surface area contributed by atoms with E-state index in [0.717, 1.165) is 19.9 Å². The summed E-state index contributed by atoms with van der Waals surface area (Å²) in [7, 11) is -3.94. The molecule has 3 rings (SSSR count). The first-order valence-corrected chi connectivity index (χ1v) is 13.4. The van der Waals surface area contributed by atoms with Gasteiger partial charge in [-0.2, -0.15) is 0 Å². The molecule has 1 N–H and O–H groups in total. The largest absolute Gasteiger partial charge is 0.348 e. The standard InChI is InChI=1S/C27H31BrN2O3S/c1-19-6-16-25(17-7-19)34(32,33)30(24-14-12-23(28)13-15-24)18-26(31)29-20(2)21-8-10-22(11-9-21)27(3,4)5/h6-17,20H,18H2,1-5H3,(H,29,31)/t20-/m1/s1. The second kappa shape index (κ2) is 10.3. The van der Waals surface area contributed by atoms with Gasteiger partial charge in [0.25, 0.3) is 10.0 Å². The van der Waals surface area contributed by atoms with Crippen LogP contribution in [0.1, 0.15) is 50.4 Å². The monoisotopic (exact) mass is 542 g/mol. The second-order valence-corrected chi connectivity index (χ2v) is 12.2. The molecule has 1 atom stereocenters. The van der Waals surface area contributed by atoms with Crippen molar-refractivity contribution in [1.29, 1.82) is 0 Å². The fraction of sp³-hybridized carbons (Fsp3) is 0.296. The molecule has 0 spiro atoms. The van der Waals surface area contributed by atoms with E-state index in [2.05, 4.69) is 54.2 Å². The number of nitrogens with zero attached hydrogens (tertiary/aromatic N) is 1. The van der Waals surface area contributed by atoms with Gasteiger partial charge in [-0.15, -0.1) is 0 Å².